The zero-order chi connectivity index (χ0) is 15.1. The lowest BCUT2D eigenvalue weighted by Gasteiger charge is -2.31. The van der Waals surface area contributed by atoms with Crippen LogP contribution in [0.5, 0.6) is 0 Å². The van der Waals surface area contributed by atoms with Gasteiger partial charge < -0.3 is 15.3 Å². The van der Waals surface area contributed by atoms with Gasteiger partial charge in [-0.05, 0) is 43.5 Å². The van der Waals surface area contributed by atoms with Crippen LogP contribution in [0.1, 0.15) is 24.8 Å². The molecule has 1 aromatic carbocycles. The zero-order valence-electron chi connectivity index (χ0n) is 12.1. The molecule has 21 heavy (non-hydrogen) atoms. The summed E-state index contributed by atoms with van der Waals surface area (Å²) in [6.07, 6.45) is 2.58. The van der Waals surface area contributed by atoms with Crippen LogP contribution in [0, 0.1) is 17.2 Å². The van der Waals surface area contributed by atoms with E-state index in [1.807, 2.05) is 0 Å². The van der Waals surface area contributed by atoms with Gasteiger partial charge in [0.1, 0.15) is 0 Å². The number of nitrogens with zero attached hydrogens (tertiary/aromatic N) is 2. The summed E-state index contributed by atoms with van der Waals surface area (Å²) in [5.74, 6) is 0.297. The lowest BCUT2D eigenvalue weighted by molar-refractivity contribution is -0.116. The first-order valence-corrected chi connectivity index (χ1v) is 7.34. The first-order chi connectivity index (χ1) is 10.2. The summed E-state index contributed by atoms with van der Waals surface area (Å²) in [5, 5.41) is 20.8. The van der Waals surface area contributed by atoms with Crippen LogP contribution in [0.15, 0.2) is 24.3 Å². The standard InChI is InChI=1S/C16H21N3O2/c17-10-13-3-1-5-15(9-13)18-16(21)6-8-19-7-2-4-14(11-19)12-20/h1,3,5,9,14,20H,2,4,6-8,11-12H2,(H,18,21). The molecule has 1 atom stereocenters. The Bertz CT molecular complexity index is 524. The van der Waals surface area contributed by atoms with E-state index in [1.54, 1.807) is 24.3 Å². The molecule has 112 valence electrons. The fourth-order valence-corrected chi connectivity index (χ4v) is 2.65. The molecule has 0 aromatic heterocycles. The van der Waals surface area contributed by atoms with Crippen molar-refractivity contribution in [2.45, 2.75) is 19.3 Å². The van der Waals surface area contributed by atoms with Gasteiger partial charge in [-0.25, -0.2) is 0 Å². The molecule has 1 aromatic rings. The van der Waals surface area contributed by atoms with Crippen LogP contribution < -0.4 is 5.32 Å². The van der Waals surface area contributed by atoms with Crippen molar-refractivity contribution >= 4 is 11.6 Å². The van der Waals surface area contributed by atoms with Gasteiger partial charge in [0, 0.05) is 31.8 Å². The number of carbonyl (C=O) groups is 1. The predicted molar refractivity (Wildman–Crippen MR) is 80.7 cm³/mol. The molecule has 1 fully saturated rings. The number of piperidine rings is 1. The SMILES string of the molecule is N#Cc1cccc(NC(=O)CCN2CCCC(CO)C2)c1. The van der Waals surface area contributed by atoms with E-state index in [2.05, 4.69) is 16.3 Å². The van der Waals surface area contributed by atoms with Gasteiger partial charge in [0.15, 0.2) is 0 Å². The molecule has 1 saturated heterocycles. The van der Waals surface area contributed by atoms with E-state index in [9.17, 15) is 9.90 Å². The highest BCUT2D eigenvalue weighted by Crippen LogP contribution is 2.16. The Morgan fingerprint density at radius 2 is 2.38 bits per heavy atom. The van der Waals surface area contributed by atoms with E-state index in [-0.39, 0.29) is 12.5 Å². The first-order valence-electron chi connectivity index (χ1n) is 7.34. The number of nitriles is 1. The Labute approximate surface area is 125 Å². The molecule has 1 heterocycles. The second-order valence-electron chi connectivity index (χ2n) is 5.48. The molecule has 1 aliphatic heterocycles. The van der Waals surface area contributed by atoms with Gasteiger partial charge in [0.05, 0.1) is 11.6 Å². The highest BCUT2D eigenvalue weighted by molar-refractivity contribution is 5.90. The Kier molecular flexibility index (Phi) is 5.73. The van der Waals surface area contributed by atoms with Crippen LogP contribution in [0.3, 0.4) is 0 Å². The second kappa shape index (κ2) is 7.77. The molecule has 2 N–H and O–H groups in total. The minimum atomic E-state index is -0.0452. The van der Waals surface area contributed by atoms with Crippen molar-refractivity contribution < 1.29 is 9.90 Å². The van der Waals surface area contributed by atoms with E-state index in [1.165, 1.54) is 0 Å². The third-order valence-corrected chi connectivity index (χ3v) is 3.79. The van der Waals surface area contributed by atoms with Crippen molar-refractivity contribution in [3.05, 3.63) is 29.8 Å². The van der Waals surface area contributed by atoms with Gasteiger partial charge in [-0.1, -0.05) is 6.07 Å². The smallest absolute Gasteiger partial charge is 0.225 e. The molecule has 5 heteroatoms. The highest BCUT2D eigenvalue weighted by Gasteiger charge is 2.19. The Balaban J connectivity index is 1.78. The molecule has 0 radical (unpaired) electrons. The third kappa shape index (κ3) is 4.85. The summed E-state index contributed by atoms with van der Waals surface area (Å²) in [4.78, 5) is 14.2. The molecule has 5 nitrogen and oxygen atoms in total. The molecule has 0 bridgehead atoms. The van der Waals surface area contributed by atoms with E-state index in [0.717, 1.165) is 25.9 Å². The van der Waals surface area contributed by atoms with E-state index in [4.69, 9.17) is 5.26 Å². The molecule has 1 unspecified atom stereocenters. The normalized spacial score (nSPS) is 19.0. The van der Waals surface area contributed by atoms with Crippen LogP contribution in [0.2, 0.25) is 0 Å². The Morgan fingerprint density at radius 3 is 3.14 bits per heavy atom. The maximum atomic E-state index is 11.9. The molecule has 0 saturated carbocycles. The zero-order valence-corrected chi connectivity index (χ0v) is 12.1. The highest BCUT2D eigenvalue weighted by atomic mass is 16.3. The first kappa shape index (κ1) is 15.5. The van der Waals surface area contributed by atoms with Gasteiger partial charge in [0.2, 0.25) is 5.91 Å². The predicted octanol–water partition coefficient (Wildman–Crippen LogP) is 1.59. The van der Waals surface area contributed by atoms with Crippen molar-refractivity contribution in [2.75, 3.05) is 31.6 Å². The maximum Gasteiger partial charge on any atom is 0.225 e. The van der Waals surface area contributed by atoms with E-state index >= 15 is 0 Å². The number of benzene rings is 1. The summed E-state index contributed by atoms with van der Waals surface area (Å²) >= 11 is 0. The minimum Gasteiger partial charge on any atom is -0.396 e. The number of rotatable bonds is 5. The topological polar surface area (TPSA) is 76.4 Å². The van der Waals surface area contributed by atoms with Crippen LogP contribution in [0.4, 0.5) is 5.69 Å². The van der Waals surface area contributed by atoms with Gasteiger partial charge >= 0.3 is 0 Å². The average Bonchev–Trinajstić information content (AvgIpc) is 2.53. The van der Waals surface area contributed by atoms with Crippen LogP contribution in [-0.4, -0.2) is 42.2 Å². The molecule has 0 aliphatic carbocycles. The van der Waals surface area contributed by atoms with Gasteiger partial charge in [-0.2, -0.15) is 5.26 Å². The van der Waals surface area contributed by atoms with Crippen molar-refractivity contribution in [1.82, 2.24) is 4.90 Å². The summed E-state index contributed by atoms with van der Waals surface area (Å²) < 4.78 is 0. The summed E-state index contributed by atoms with van der Waals surface area (Å²) in [6.45, 7) is 2.80. The largest absolute Gasteiger partial charge is 0.396 e. The molecule has 1 amide bonds. The number of hydrogen-bond acceptors (Lipinski definition) is 4. The molecule has 2 rings (SSSR count). The quantitative estimate of drug-likeness (QED) is 0.862. The Morgan fingerprint density at radius 1 is 1.52 bits per heavy atom. The third-order valence-electron chi connectivity index (χ3n) is 3.79. The number of amides is 1. The number of hydrogen-bond donors (Lipinski definition) is 2. The summed E-state index contributed by atoms with van der Waals surface area (Å²) in [5.41, 5.74) is 1.19. The molecule has 0 spiro atoms. The molecule has 1 aliphatic rings. The number of aliphatic hydroxyl groups is 1. The number of likely N-dealkylation sites (tertiary alicyclic amines) is 1. The van der Waals surface area contributed by atoms with Gasteiger partial charge in [0.25, 0.3) is 0 Å². The van der Waals surface area contributed by atoms with E-state index < -0.39 is 0 Å². The van der Waals surface area contributed by atoms with E-state index in [0.29, 0.717) is 30.1 Å². The summed E-state index contributed by atoms with van der Waals surface area (Å²) in [7, 11) is 0. The summed E-state index contributed by atoms with van der Waals surface area (Å²) in [6, 6.07) is 8.96. The van der Waals surface area contributed by atoms with Crippen LogP contribution >= 0.6 is 0 Å². The van der Waals surface area contributed by atoms with Crippen molar-refractivity contribution in [3.63, 3.8) is 0 Å². The fraction of sp³-hybridized carbons (Fsp3) is 0.500. The maximum absolute atomic E-state index is 11.9. The number of nitrogens with one attached hydrogen (secondary N) is 1. The Hall–Kier alpha value is -1.90. The molecular weight excluding hydrogens is 266 g/mol. The lowest BCUT2D eigenvalue weighted by Crippen LogP contribution is -2.38. The van der Waals surface area contributed by atoms with Crippen molar-refractivity contribution in [1.29, 1.82) is 5.26 Å². The van der Waals surface area contributed by atoms with Crippen molar-refractivity contribution in [3.8, 4) is 6.07 Å². The van der Waals surface area contributed by atoms with Crippen LogP contribution in [0.25, 0.3) is 0 Å². The number of carbonyl (C=O) groups excluding carboxylic acids is 1. The van der Waals surface area contributed by atoms with Crippen molar-refractivity contribution in [2.24, 2.45) is 5.92 Å². The lowest BCUT2D eigenvalue weighted by atomic mass is 9.99. The van der Waals surface area contributed by atoms with Crippen LogP contribution in [-0.2, 0) is 4.79 Å². The second-order valence-corrected chi connectivity index (χ2v) is 5.48. The number of anilines is 1. The average molecular weight is 287 g/mol. The van der Waals surface area contributed by atoms with Gasteiger partial charge in [-0.15, -0.1) is 0 Å². The molecular formula is C16H21N3O2. The fourth-order valence-electron chi connectivity index (χ4n) is 2.65. The van der Waals surface area contributed by atoms with Gasteiger partial charge in [-0.3, -0.25) is 4.79 Å². The monoisotopic (exact) mass is 287 g/mol. The number of aliphatic hydroxyl groups excluding tert-OH is 1. The minimum absolute atomic E-state index is 0.0452.